The van der Waals surface area contributed by atoms with Gasteiger partial charge in [-0.15, -0.1) is 0 Å². The number of aliphatic hydroxyl groups is 1. The minimum Gasteiger partial charge on any atom is -0.463 e. The molecule has 0 aliphatic carbocycles. The molecule has 0 aliphatic heterocycles. The van der Waals surface area contributed by atoms with Crippen molar-refractivity contribution in [3.63, 3.8) is 0 Å². The van der Waals surface area contributed by atoms with Gasteiger partial charge in [0.05, 0.1) is 12.7 Å². The second-order valence-electron chi connectivity index (χ2n) is 4.49. The minimum absolute atomic E-state index is 0.117. The van der Waals surface area contributed by atoms with E-state index in [1.807, 2.05) is 0 Å². The lowest BCUT2D eigenvalue weighted by atomic mass is 10.1. The van der Waals surface area contributed by atoms with Crippen molar-refractivity contribution in [1.82, 2.24) is 0 Å². The van der Waals surface area contributed by atoms with E-state index >= 15 is 0 Å². The van der Waals surface area contributed by atoms with Gasteiger partial charge in [-0.2, -0.15) is 0 Å². The van der Waals surface area contributed by atoms with E-state index in [4.69, 9.17) is 9.84 Å². The first kappa shape index (κ1) is 18.3. The zero-order valence-corrected chi connectivity index (χ0v) is 12.0. The van der Waals surface area contributed by atoms with Crippen LogP contribution in [-0.2, 0) is 23.9 Å². The molecule has 0 aromatic heterocycles. The van der Waals surface area contributed by atoms with Crippen LogP contribution in [0.15, 0.2) is 12.2 Å². The number of aliphatic hydroxyl groups excluding tert-OH is 1. The molecule has 0 spiro atoms. The molecule has 0 fully saturated rings. The molecule has 0 amide bonds. The molecule has 6 heteroatoms. The Morgan fingerprint density at radius 1 is 1.05 bits per heavy atom. The van der Waals surface area contributed by atoms with Gasteiger partial charge < -0.3 is 19.4 Å². The number of carbonyl (C=O) groups is 3. The molecule has 1 unspecified atom stereocenters. The van der Waals surface area contributed by atoms with Crippen LogP contribution in [-0.4, -0.2) is 42.1 Å². The fraction of sp³-hybridized carbons (Fsp3) is 0.643. The quantitative estimate of drug-likeness (QED) is 0.368. The highest BCUT2D eigenvalue weighted by molar-refractivity contribution is 5.91. The average molecular weight is 286 g/mol. The molecule has 1 atom stereocenters. The predicted octanol–water partition coefficient (Wildman–Crippen LogP) is 1.16. The van der Waals surface area contributed by atoms with Gasteiger partial charge in [-0.1, -0.05) is 0 Å². The summed E-state index contributed by atoms with van der Waals surface area (Å²) in [6.07, 6.45) is 4.03. The number of unbranched alkanes of at least 4 members (excludes halogenated alkanes) is 2. The van der Waals surface area contributed by atoms with Crippen molar-refractivity contribution in [1.29, 1.82) is 0 Å². The minimum atomic E-state index is -0.741. The lowest BCUT2D eigenvalue weighted by Gasteiger charge is -2.03. The van der Waals surface area contributed by atoms with Crippen LogP contribution in [0, 0.1) is 0 Å². The van der Waals surface area contributed by atoms with E-state index in [1.165, 1.54) is 6.92 Å². The van der Waals surface area contributed by atoms with Crippen LogP contribution in [0.25, 0.3) is 0 Å². The predicted molar refractivity (Wildman–Crippen MR) is 71.9 cm³/mol. The fourth-order valence-electron chi connectivity index (χ4n) is 1.26. The van der Waals surface area contributed by atoms with Crippen molar-refractivity contribution in [3.8, 4) is 0 Å². The third kappa shape index (κ3) is 12.8. The number of hydrogen-bond acceptors (Lipinski definition) is 6. The van der Waals surface area contributed by atoms with E-state index in [9.17, 15) is 14.4 Å². The Bertz CT molecular complexity index is 346. The number of carbonyl (C=O) groups excluding carboxylic acids is 3. The van der Waals surface area contributed by atoms with Crippen LogP contribution in [0.5, 0.6) is 0 Å². The highest BCUT2D eigenvalue weighted by Crippen LogP contribution is 2.01. The van der Waals surface area contributed by atoms with Crippen LogP contribution in [0.3, 0.4) is 0 Å². The number of esters is 2. The van der Waals surface area contributed by atoms with E-state index in [0.29, 0.717) is 12.8 Å². The molecule has 6 nitrogen and oxygen atoms in total. The molecule has 0 saturated heterocycles. The van der Waals surface area contributed by atoms with E-state index in [2.05, 4.69) is 4.74 Å². The first-order valence-corrected chi connectivity index (χ1v) is 6.61. The topological polar surface area (TPSA) is 89.9 Å². The van der Waals surface area contributed by atoms with Crippen molar-refractivity contribution in [3.05, 3.63) is 12.2 Å². The summed E-state index contributed by atoms with van der Waals surface area (Å²) in [4.78, 5) is 33.0. The van der Waals surface area contributed by atoms with Crippen LogP contribution in [0.4, 0.5) is 0 Å². The summed E-state index contributed by atoms with van der Waals surface area (Å²) < 4.78 is 9.48. The second-order valence-corrected chi connectivity index (χ2v) is 4.49. The maximum Gasteiger partial charge on any atom is 0.331 e. The molecular formula is C14H22O6. The van der Waals surface area contributed by atoms with Crippen molar-refractivity contribution in [2.45, 2.75) is 45.6 Å². The number of rotatable bonds is 10. The van der Waals surface area contributed by atoms with Gasteiger partial charge in [0.15, 0.2) is 0 Å². The van der Waals surface area contributed by atoms with E-state index in [-0.39, 0.29) is 19.0 Å². The van der Waals surface area contributed by atoms with Gasteiger partial charge in [-0.05, 0) is 33.1 Å². The Morgan fingerprint density at radius 3 is 2.20 bits per heavy atom. The summed E-state index contributed by atoms with van der Waals surface area (Å²) in [5.74, 6) is -1.17. The summed E-state index contributed by atoms with van der Waals surface area (Å²) >= 11 is 0. The summed E-state index contributed by atoms with van der Waals surface area (Å²) in [5, 5.41) is 8.89. The van der Waals surface area contributed by atoms with E-state index < -0.39 is 18.0 Å². The van der Waals surface area contributed by atoms with Gasteiger partial charge in [-0.25, -0.2) is 9.59 Å². The SMILES string of the molecule is CC(=O)CCCCCOC(=O)/C=C/C(=O)OCC(C)O. The molecular weight excluding hydrogens is 264 g/mol. The summed E-state index contributed by atoms with van der Waals surface area (Å²) in [6, 6.07) is 0. The number of ketones is 1. The number of Topliss-reactive ketones (excluding diaryl/α,β-unsaturated/α-hetero) is 1. The Balaban J connectivity index is 3.62. The second kappa shape index (κ2) is 11.2. The van der Waals surface area contributed by atoms with Gasteiger partial charge >= 0.3 is 11.9 Å². The maximum atomic E-state index is 11.2. The molecule has 0 aromatic rings. The van der Waals surface area contributed by atoms with Crippen molar-refractivity contribution in [2.75, 3.05) is 13.2 Å². The largest absolute Gasteiger partial charge is 0.463 e. The molecule has 20 heavy (non-hydrogen) atoms. The third-order valence-corrected chi connectivity index (χ3v) is 2.24. The normalized spacial score (nSPS) is 12.2. The average Bonchev–Trinajstić information content (AvgIpc) is 2.37. The van der Waals surface area contributed by atoms with Crippen LogP contribution < -0.4 is 0 Å². The summed E-state index contributed by atoms with van der Waals surface area (Å²) in [7, 11) is 0. The molecule has 0 bridgehead atoms. The standard InChI is InChI=1S/C14H22O6/c1-11(15)6-4-3-5-9-19-13(17)7-8-14(18)20-10-12(2)16/h7-8,12,16H,3-6,9-10H2,1-2H3/b8-7+. The van der Waals surface area contributed by atoms with Crippen molar-refractivity contribution in [2.24, 2.45) is 0 Å². The fourth-order valence-corrected chi connectivity index (χ4v) is 1.26. The van der Waals surface area contributed by atoms with E-state index in [1.54, 1.807) is 6.92 Å². The molecule has 0 heterocycles. The van der Waals surface area contributed by atoms with Crippen molar-refractivity contribution >= 4 is 17.7 Å². The van der Waals surface area contributed by atoms with Crippen molar-refractivity contribution < 1.29 is 29.0 Å². The number of hydrogen-bond donors (Lipinski definition) is 1. The Morgan fingerprint density at radius 2 is 1.65 bits per heavy atom. The maximum absolute atomic E-state index is 11.2. The van der Waals surface area contributed by atoms with Gasteiger partial charge in [0.2, 0.25) is 0 Å². The van der Waals surface area contributed by atoms with E-state index in [0.717, 1.165) is 25.0 Å². The zero-order chi connectivity index (χ0) is 15.4. The van der Waals surface area contributed by atoms with Gasteiger partial charge in [0.1, 0.15) is 12.4 Å². The first-order valence-electron chi connectivity index (χ1n) is 6.61. The monoisotopic (exact) mass is 286 g/mol. The van der Waals surface area contributed by atoms with Gasteiger partial charge in [0.25, 0.3) is 0 Å². The summed E-state index contributed by atoms with van der Waals surface area (Å²) in [5.41, 5.74) is 0. The molecule has 0 aromatic carbocycles. The van der Waals surface area contributed by atoms with Crippen LogP contribution in [0.1, 0.15) is 39.5 Å². The molecule has 0 radical (unpaired) electrons. The molecule has 0 saturated carbocycles. The summed E-state index contributed by atoms with van der Waals surface area (Å²) in [6.45, 7) is 3.16. The van der Waals surface area contributed by atoms with Gasteiger partial charge in [-0.3, -0.25) is 0 Å². The Hall–Kier alpha value is -1.69. The highest BCUT2D eigenvalue weighted by Gasteiger charge is 2.03. The molecule has 0 rings (SSSR count). The molecule has 1 N–H and O–H groups in total. The van der Waals surface area contributed by atoms with Crippen LogP contribution in [0.2, 0.25) is 0 Å². The third-order valence-electron chi connectivity index (χ3n) is 2.24. The number of ether oxygens (including phenoxy) is 2. The lowest BCUT2D eigenvalue weighted by molar-refractivity contribution is -0.142. The Labute approximate surface area is 118 Å². The van der Waals surface area contributed by atoms with Gasteiger partial charge in [0, 0.05) is 18.6 Å². The Kier molecular flexibility index (Phi) is 10.2. The smallest absolute Gasteiger partial charge is 0.331 e. The highest BCUT2D eigenvalue weighted by atomic mass is 16.5. The first-order chi connectivity index (χ1) is 9.41. The molecule has 0 aliphatic rings. The lowest BCUT2D eigenvalue weighted by Crippen LogP contribution is -2.14. The molecule has 114 valence electrons. The zero-order valence-electron chi connectivity index (χ0n) is 12.0. The van der Waals surface area contributed by atoms with Crippen LogP contribution >= 0.6 is 0 Å².